The van der Waals surface area contributed by atoms with Crippen LogP contribution in [0.3, 0.4) is 0 Å². The minimum atomic E-state index is -3.81. The minimum absolute atomic E-state index is 0.0488. The van der Waals surface area contributed by atoms with Crippen LogP contribution in [0, 0.1) is 5.41 Å². The third-order valence-electron chi connectivity index (χ3n) is 4.24. The van der Waals surface area contributed by atoms with Crippen LogP contribution in [0.1, 0.15) is 11.1 Å². The molecule has 0 radical (unpaired) electrons. The van der Waals surface area contributed by atoms with Crippen molar-refractivity contribution in [3.8, 4) is 0 Å². The lowest BCUT2D eigenvalue weighted by Gasteiger charge is -2.13. The van der Waals surface area contributed by atoms with Crippen LogP contribution in [-0.4, -0.2) is 20.2 Å². The van der Waals surface area contributed by atoms with Crippen LogP contribution in [-0.2, 0) is 21.2 Å². The molecule has 0 saturated heterocycles. The van der Waals surface area contributed by atoms with Gasteiger partial charge in [-0.25, -0.2) is 8.42 Å². The van der Waals surface area contributed by atoms with E-state index in [9.17, 15) is 13.2 Å². The number of carbonyl (C=O) groups excluding carboxylic acids is 1. The highest BCUT2D eigenvalue weighted by Crippen LogP contribution is 2.34. The Kier molecular flexibility index (Phi) is 6.84. The zero-order valence-electron chi connectivity index (χ0n) is 16.0. The summed E-state index contributed by atoms with van der Waals surface area (Å²) in [5.41, 5.74) is 7.03. The number of amides is 1. The van der Waals surface area contributed by atoms with E-state index in [4.69, 9.17) is 34.3 Å². The van der Waals surface area contributed by atoms with Gasteiger partial charge in [-0.05, 0) is 29.8 Å². The molecule has 0 aromatic heterocycles. The molecule has 0 aliphatic heterocycles. The third-order valence-corrected chi connectivity index (χ3v) is 6.24. The third kappa shape index (κ3) is 5.75. The predicted octanol–water partition coefficient (Wildman–Crippen LogP) is 4.26. The highest BCUT2D eigenvalue weighted by Gasteiger charge is 2.17. The van der Waals surface area contributed by atoms with Gasteiger partial charge >= 0.3 is 0 Å². The van der Waals surface area contributed by atoms with Crippen LogP contribution >= 0.6 is 23.2 Å². The van der Waals surface area contributed by atoms with Gasteiger partial charge in [-0.1, -0.05) is 65.7 Å². The summed E-state index contributed by atoms with van der Waals surface area (Å²) < 4.78 is 27.4. The quantitative estimate of drug-likeness (QED) is 0.300. The van der Waals surface area contributed by atoms with Crippen molar-refractivity contribution in [2.24, 2.45) is 5.73 Å². The van der Waals surface area contributed by atoms with Gasteiger partial charge in [0.1, 0.15) is 5.84 Å². The Morgan fingerprint density at radius 1 is 0.968 bits per heavy atom. The van der Waals surface area contributed by atoms with Crippen LogP contribution in [0.2, 0.25) is 10.0 Å². The number of nitrogen functional groups attached to an aromatic ring is 1. The van der Waals surface area contributed by atoms with Gasteiger partial charge in [-0.3, -0.25) is 14.9 Å². The largest absolute Gasteiger partial charge is 0.384 e. The number of hydrogen-bond acceptors (Lipinski definition) is 4. The zero-order chi connectivity index (χ0) is 22.6. The highest BCUT2D eigenvalue weighted by molar-refractivity contribution is 7.92. The molecule has 0 spiro atoms. The molecule has 10 heteroatoms. The molecule has 0 atom stereocenters. The first-order valence-electron chi connectivity index (χ1n) is 8.96. The van der Waals surface area contributed by atoms with Gasteiger partial charge in [0.05, 0.1) is 32.7 Å². The highest BCUT2D eigenvalue weighted by atomic mass is 35.5. The molecule has 0 bridgehead atoms. The van der Waals surface area contributed by atoms with Crippen molar-refractivity contribution >= 4 is 56.3 Å². The number of anilines is 2. The summed E-state index contributed by atoms with van der Waals surface area (Å²) in [5.74, 6) is -0.422. The van der Waals surface area contributed by atoms with E-state index in [2.05, 4.69) is 10.0 Å². The maximum Gasteiger partial charge on any atom is 0.261 e. The van der Waals surface area contributed by atoms with Gasteiger partial charge in [0.15, 0.2) is 0 Å². The Labute approximate surface area is 189 Å². The fourth-order valence-corrected chi connectivity index (χ4v) is 4.38. The average molecular weight is 477 g/mol. The summed E-state index contributed by atoms with van der Waals surface area (Å²) in [6, 6.07) is 17.3. The van der Waals surface area contributed by atoms with Crippen LogP contribution in [0.25, 0.3) is 0 Å². The molecular formula is C21H18Cl2N4O3S. The number of rotatable bonds is 7. The van der Waals surface area contributed by atoms with E-state index in [0.717, 1.165) is 0 Å². The lowest BCUT2D eigenvalue weighted by Crippen LogP contribution is -2.16. The number of nitrogens with two attached hydrogens (primary N) is 1. The van der Waals surface area contributed by atoms with Crippen LogP contribution in [0.5, 0.6) is 0 Å². The van der Waals surface area contributed by atoms with E-state index >= 15 is 0 Å². The number of sulfonamides is 1. The second-order valence-corrected chi connectivity index (χ2v) is 9.07. The van der Waals surface area contributed by atoms with E-state index in [1.54, 1.807) is 42.5 Å². The first kappa shape index (κ1) is 22.6. The molecular weight excluding hydrogens is 459 g/mol. The summed E-state index contributed by atoms with van der Waals surface area (Å²) in [4.78, 5) is 12.5. The Bertz CT molecular complexity index is 1210. The van der Waals surface area contributed by atoms with E-state index in [0.29, 0.717) is 11.1 Å². The summed E-state index contributed by atoms with van der Waals surface area (Å²) in [6.07, 6.45) is 0.0488. The van der Waals surface area contributed by atoms with Crippen molar-refractivity contribution < 1.29 is 13.2 Å². The standard InChI is InChI=1S/C21H18Cl2N4O3S/c22-17-11-15(27-31(29,30)16-4-2-1-3-5-16)12-18(23)20(17)26-19(28)10-13-6-8-14(9-7-13)21(24)25/h1-9,11-12,27H,10H2,(H3,24,25)(H,26,28). The fraction of sp³-hybridized carbons (Fsp3) is 0.0476. The average Bonchev–Trinajstić information content (AvgIpc) is 2.71. The zero-order valence-corrected chi connectivity index (χ0v) is 18.4. The van der Waals surface area contributed by atoms with E-state index in [1.165, 1.54) is 24.3 Å². The lowest BCUT2D eigenvalue weighted by atomic mass is 10.1. The Morgan fingerprint density at radius 2 is 1.55 bits per heavy atom. The molecule has 0 aliphatic carbocycles. The van der Waals surface area contributed by atoms with E-state index in [-0.39, 0.29) is 44.5 Å². The van der Waals surface area contributed by atoms with Crippen molar-refractivity contribution in [1.82, 2.24) is 0 Å². The number of nitrogens with one attached hydrogen (secondary N) is 3. The maximum absolute atomic E-state index is 12.5. The topological polar surface area (TPSA) is 125 Å². The summed E-state index contributed by atoms with van der Waals surface area (Å²) in [5, 5.41) is 10.2. The second-order valence-electron chi connectivity index (χ2n) is 6.57. The first-order valence-corrected chi connectivity index (χ1v) is 11.2. The molecule has 0 fully saturated rings. The molecule has 3 aromatic rings. The van der Waals surface area contributed by atoms with Crippen molar-refractivity contribution in [1.29, 1.82) is 5.41 Å². The molecule has 0 heterocycles. The van der Waals surface area contributed by atoms with Crippen molar-refractivity contribution in [2.45, 2.75) is 11.3 Å². The van der Waals surface area contributed by atoms with E-state index < -0.39 is 10.0 Å². The molecule has 3 aromatic carbocycles. The normalized spacial score (nSPS) is 11.0. The number of hydrogen-bond donors (Lipinski definition) is 4. The van der Waals surface area contributed by atoms with Crippen LogP contribution < -0.4 is 15.8 Å². The van der Waals surface area contributed by atoms with Gasteiger partial charge in [-0.15, -0.1) is 0 Å². The van der Waals surface area contributed by atoms with Crippen molar-refractivity contribution in [3.63, 3.8) is 0 Å². The molecule has 160 valence electrons. The summed E-state index contributed by atoms with van der Waals surface area (Å²) in [6.45, 7) is 0. The fourth-order valence-electron chi connectivity index (χ4n) is 2.74. The molecule has 0 unspecified atom stereocenters. The van der Waals surface area contributed by atoms with Gasteiger partial charge in [0.25, 0.3) is 10.0 Å². The molecule has 1 amide bonds. The summed E-state index contributed by atoms with van der Waals surface area (Å²) in [7, 11) is -3.81. The van der Waals surface area contributed by atoms with E-state index in [1.807, 2.05) is 0 Å². The number of amidine groups is 1. The molecule has 0 saturated carbocycles. The van der Waals surface area contributed by atoms with Crippen molar-refractivity contribution in [2.75, 3.05) is 10.0 Å². The second kappa shape index (κ2) is 9.38. The van der Waals surface area contributed by atoms with Crippen LogP contribution in [0.15, 0.2) is 71.6 Å². The molecule has 0 aliphatic rings. The van der Waals surface area contributed by atoms with Crippen molar-refractivity contribution in [3.05, 3.63) is 87.9 Å². The SMILES string of the molecule is N=C(N)c1ccc(CC(=O)Nc2c(Cl)cc(NS(=O)(=O)c3ccccc3)cc2Cl)cc1. The Morgan fingerprint density at radius 3 is 2.10 bits per heavy atom. The molecule has 7 nitrogen and oxygen atoms in total. The van der Waals surface area contributed by atoms with Crippen LogP contribution in [0.4, 0.5) is 11.4 Å². The van der Waals surface area contributed by atoms with Gasteiger partial charge in [-0.2, -0.15) is 0 Å². The lowest BCUT2D eigenvalue weighted by molar-refractivity contribution is -0.115. The summed E-state index contributed by atoms with van der Waals surface area (Å²) >= 11 is 12.5. The monoisotopic (exact) mass is 476 g/mol. The van der Waals surface area contributed by atoms with Gasteiger partial charge in [0, 0.05) is 5.56 Å². The number of carbonyl (C=O) groups is 1. The Balaban J connectivity index is 1.73. The smallest absolute Gasteiger partial charge is 0.261 e. The molecule has 3 rings (SSSR count). The first-order chi connectivity index (χ1) is 14.7. The van der Waals surface area contributed by atoms with Gasteiger partial charge < -0.3 is 11.1 Å². The van der Waals surface area contributed by atoms with Gasteiger partial charge in [0.2, 0.25) is 5.91 Å². The number of benzene rings is 3. The number of halogens is 2. The maximum atomic E-state index is 12.5. The molecule has 31 heavy (non-hydrogen) atoms. The Hall–Kier alpha value is -3.07. The predicted molar refractivity (Wildman–Crippen MR) is 124 cm³/mol. The minimum Gasteiger partial charge on any atom is -0.384 e. The molecule has 5 N–H and O–H groups in total.